The molecule has 1 unspecified atom stereocenters. The van der Waals surface area contributed by atoms with E-state index in [1.54, 1.807) is 24.4 Å². The number of carbonyl (C=O) groups excluding carboxylic acids is 1. The molecule has 116 valence electrons. The SMILES string of the molecule is O=C(NCC(O)c1ccco1)c1ccc(N2CCCC2)nc1. The molecule has 0 bridgehead atoms. The van der Waals surface area contributed by atoms with Gasteiger partial charge in [-0.3, -0.25) is 4.79 Å². The van der Waals surface area contributed by atoms with Crippen molar-refractivity contribution in [1.29, 1.82) is 0 Å². The maximum absolute atomic E-state index is 12.0. The number of pyridine rings is 1. The van der Waals surface area contributed by atoms with Crippen LogP contribution in [0.4, 0.5) is 5.82 Å². The average Bonchev–Trinajstić information content (AvgIpc) is 3.25. The van der Waals surface area contributed by atoms with E-state index in [1.807, 2.05) is 6.07 Å². The Kier molecular flexibility index (Phi) is 4.39. The summed E-state index contributed by atoms with van der Waals surface area (Å²) in [6.07, 6.45) is 4.59. The van der Waals surface area contributed by atoms with Crippen LogP contribution in [-0.2, 0) is 0 Å². The first-order valence-corrected chi connectivity index (χ1v) is 7.45. The summed E-state index contributed by atoms with van der Waals surface area (Å²) in [4.78, 5) is 18.6. The van der Waals surface area contributed by atoms with Crippen molar-refractivity contribution in [3.63, 3.8) is 0 Å². The molecule has 0 radical (unpaired) electrons. The Hall–Kier alpha value is -2.34. The van der Waals surface area contributed by atoms with Crippen LogP contribution in [0.5, 0.6) is 0 Å². The van der Waals surface area contributed by atoms with E-state index >= 15 is 0 Å². The highest BCUT2D eigenvalue weighted by Crippen LogP contribution is 2.17. The number of aromatic nitrogens is 1. The fourth-order valence-electron chi connectivity index (χ4n) is 2.53. The van der Waals surface area contributed by atoms with E-state index in [9.17, 15) is 9.90 Å². The first-order chi connectivity index (χ1) is 10.7. The van der Waals surface area contributed by atoms with Gasteiger partial charge in [0.2, 0.25) is 0 Å². The molecule has 22 heavy (non-hydrogen) atoms. The third-order valence-electron chi connectivity index (χ3n) is 3.77. The lowest BCUT2D eigenvalue weighted by Gasteiger charge is -2.16. The van der Waals surface area contributed by atoms with Crippen molar-refractivity contribution in [3.05, 3.63) is 48.0 Å². The zero-order chi connectivity index (χ0) is 15.4. The number of hydrogen-bond donors (Lipinski definition) is 2. The molecule has 1 amide bonds. The van der Waals surface area contributed by atoms with E-state index in [0.29, 0.717) is 11.3 Å². The number of anilines is 1. The molecule has 6 heteroatoms. The van der Waals surface area contributed by atoms with Crippen LogP contribution in [-0.4, -0.2) is 35.6 Å². The molecule has 1 fully saturated rings. The Labute approximate surface area is 128 Å². The molecule has 6 nitrogen and oxygen atoms in total. The minimum atomic E-state index is -0.851. The third kappa shape index (κ3) is 3.28. The van der Waals surface area contributed by atoms with E-state index in [-0.39, 0.29) is 12.5 Å². The number of amides is 1. The number of aliphatic hydroxyl groups is 1. The minimum Gasteiger partial charge on any atom is -0.467 e. The highest BCUT2D eigenvalue weighted by atomic mass is 16.4. The van der Waals surface area contributed by atoms with Gasteiger partial charge < -0.3 is 19.7 Å². The maximum atomic E-state index is 12.0. The molecule has 2 aromatic heterocycles. The first kappa shape index (κ1) is 14.6. The molecule has 3 rings (SSSR count). The average molecular weight is 301 g/mol. The second-order valence-corrected chi connectivity index (χ2v) is 5.34. The van der Waals surface area contributed by atoms with Gasteiger partial charge in [-0.1, -0.05) is 0 Å². The van der Waals surface area contributed by atoms with Crippen molar-refractivity contribution < 1.29 is 14.3 Å². The fraction of sp³-hybridized carbons (Fsp3) is 0.375. The Morgan fingerprint density at radius 3 is 2.82 bits per heavy atom. The number of furan rings is 1. The number of aliphatic hydroxyl groups excluding tert-OH is 1. The van der Waals surface area contributed by atoms with Crippen LogP contribution in [0.3, 0.4) is 0 Å². The summed E-state index contributed by atoms with van der Waals surface area (Å²) in [5.41, 5.74) is 0.481. The number of rotatable bonds is 5. The van der Waals surface area contributed by atoms with Gasteiger partial charge >= 0.3 is 0 Å². The molecule has 3 heterocycles. The zero-order valence-electron chi connectivity index (χ0n) is 12.2. The zero-order valence-corrected chi connectivity index (χ0v) is 12.2. The van der Waals surface area contributed by atoms with E-state index in [1.165, 1.54) is 19.1 Å². The molecule has 1 aliphatic rings. The quantitative estimate of drug-likeness (QED) is 0.879. The Balaban J connectivity index is 1.55. The monoisotopic (exact) mass is 301 g/mol. The molecule has 0 saturated carbocycles. The van der Waals surface area contributed by atoms with Gasteiger partial charge in [0.05, 0.1) is 18.4 Å². The van der Waals surface area contributed by atoms with Gasteiger partial charge in [0.15, 0.2) is 0 Å². The predicted octanol–water partition coefficient (Wildman–Crippen LogP) is 1.74. The first-order valence-electron chi connectivity index (χ1n) is 7.45. The van der Waals surface area contributed by atoms with Gasteiger partial charge in [0.1, 0.15) is 17.7 Å². The van der Waals surface area contributed by atoms with Crippen molar-refractivity contribution in [3.8, 4) is 0 Å². The largest absolute Gasteiger partial charge is 0.467 e. The van der Waals surface area contributed by atoms with Gasteiger partial charge in [-0.15, -0.1) is 0 Å². The molecule has 2 aromatic rings. The Bertz CT molecular complexity index is 604. The van der Waals surface area contributed by atoms with Crippen molar-refractivity contribution >= 4 is 11.7 Å². The van der Waals surface area contributed by atoms with E-state index < -0.39 is 6.10 Å². The van der Waals surface area contributed by atoms with Crippen molar-refractivity contribution in [1.82, 2.24) is 10.3 Å². The normalized spacial score (nSPS) is 15.8. The number of hydrogen-bond acceptors (Lipinski definition) is 5. The van der Waals surface area contributed by atoms with Crippen LogP contribution in [0.25, 0.3) is 0 Å². The molecule has 0 aromatic carbocycles. The predicted molar refractivity (Wildman–Crippen MR) is 81.7 cm³/mol. The highest BCUT2D eigenvalue weighted by Gasteiger charge is 2.15. The molecule has 0 aliphatic carbocycles. The lowest BCUT2D eigenvalue weighted by Crippen LogP contribution is -2.28. The van der Waals surface area contributed by atoms with Crippen LogP contribution in [0.1, 0.15) is 35.1 Å². The van der Waals surface area contributed by atoms with Gasteiger partial charge in [-0.25, -0.2) is 4.98 Å². The molecule has 2 N–H and O–H groups in total. The molecule has 1 aliphatic heterocycles. The molecule has 1 atom stereocenters. The highest BCUT2D eigenvalue weighted by molar-refractivity contribution is 5.94. The number of nitrogens with one attached hydrogen (secondary N) is 1. The van der Waals surface area contributed by atoms with Crippen LogP contribution < -0.4 is 10.2 Å². The molecule has 0 spiro atoms. The summed E-state index contributed by atoms with van der Waals surface area (Å²) in [6, 6.07) is 6.99. The smallest absolute Gasteiger partial charge is 0.252 e. The fourth-order valence-corrected chi connectivity index (χ4v) is 2.53. The van der Waals surface area contributed by atoms with Crippen molar-refractivity contribution in [2.45, 2.75) is 18.9 Å². The summed E-state index contributed by atoms with van der Waals surface area (Å²) < 4.78 is 5.09. The summed E-state index contributed by atoms with van der Waals surface area (Å²) in [7, 11) is 0. The topological polar surface area (TPSA) is 78.6 Å². The second-order valence-electron chi connectivity index (χ2n) is 5.34. The van der Waals surface area contributed by atoms with Gasteiger partial charge in [-0.2, -0.15) is 0 Å². The number of nitrogens with zero attached hydrogens (tertiary/aromatic N) is 2. The van der Waals surface area contributed by atoms with Crippen molar-refractivity contribution in [2.75, 3.05) is 24.5 Å². The van der Waals surface area contributed by atoms with E-state index in [0.717, 1.165) is 18.9 Å². The summed E-state index contributed by atoms with van der Waals surface area (Å²) in [5, 5.41) is 12.5. The Morgan fingerprint density at radius 1 is 1.36 bits per heavy atom. The van der Waals surface area contributed by atoms with Gasteiger partial charge in [-0.05, 0) is 37.1 Å². The lowest BCUT2D eigenvalue weighted by molar-refractivity contribution is 0.0901. The molecular weight excluding hydrogens is 282 g/mol. The van der Waals surface area contributed by atoms with Crippen LogP contribution in [0.2, 0.25) is 0 Å². The third-order valence-corrected chi connectivity index (χ3v) is 3.77. The Morgan fingerprint density at radius 2 is 2.18 bits per heavy atom. The van der Waals surface area contributed by atoms with E-state index in [2.05, 4.69) is 15.2 Å². The minimum absolute atomic E-state index is 0.0974. The van der Waals surface area contributed by atoms with Crippen LogP contribution in [0.15, 0.2) is 41.1 Å². The molecule has 1 saturated heterocycles. The second kappa shape index (κ2) is 6.62. The van der Waals surface area contributed by atoms with Gasteiger partial charge in [0, 0.05) is 19.3 Å². The summed E-state index contributed by atoms with van der Waals surface area (Å²) in [5.74, 6) is 1.08. The van der Waals surface area contributed by atoms with Gasteiger partial charge in [0.25, 0.3) is 5.91 Å². The lowest BCUT2D eigenvalue weighted by atomic mass is 10.2. The van der Waals surface area contributed by atoms with Crippen LogP contribution in [0, 0.1) is 0 Å². The number of carbonyl (C=O) groups is 1. The van der Waals surface area contributed by atoms with Crippen LogP contribution >= 0.6 is 0 Å². The van der Waals surface area contributed by atoms with E-state index in [4.69, 9.17) is 4.42 Å². The standard InChI is InChI=1S/C16H19N3O3/c20-13(14-4-3-9-22-14)11-18-16(21)12-5-6-15(17-10-12)19-7-1-2-8-19/h3-6,9-10,13,20H,1-2,7-8,11H2,(H,18,21). The summed E-state index contributed by atoms with van der Waals surface area (Å²) >= 11 is 0. The maximum Gasteiger partial charge on any atom is 0.252 e. The molecular formula is C16H19N3O3. The summed E-state index contributed by atoms with van der Waals surface area (Å²) in [6.45, 7) is 2.14. The van der Waals surface area contributed by atoms with Crippen molar-refractivity contribution in [2.24, 2.45) is 0 Å².